The van der Waals surface area contributed by atoms with Gasteiger partial charge in [0.05, 0.1) is 11.8 Å². The van der Waals surface area contributed by atoms with Crippen LogP contribution in [-0.4, -0.2) is 48.4 Å². The zero-order chi connectivity index (χ0) is 23.9. The van der Waals surface area contributed by atoms with Crippen molar-refractivity contribution in [2.24, 2.45) is 15.7 Å². The van der Waals surface area contributed by atoms with Crippen LogP contribution < -0.4 is 9.92 Å². The molecule has 2 aromatic carbocycles. The average Bonchev–Trinajstić information content (AvgIpc) is 3.43. The third kappa shape index (κ3) is 3.62. The van der Waals surface area contributed by atoms with E-state index in [-0.39, 0.29) is 5.75 Å². The quantitative estimate of drug-likeness (QED) is 0.549. The fourth-order valence-corrected chi connectivity index (χ4v) is 4.83. The van der Waals surface area contributed by atoms with Crippen molar-refractivity contribution in [2.75, 3.05) is 13.1 Å². The van der Waals surface area contributed by atoms with E-state index in [1.807, 2.05) is 53.6 Å². The molecule has 0 bridgehead atoms. The van der Waals surface area contributed by atoms with Gasteiger partial charge in [-0.25, -0.2) is 4.99 Å². The molecule has 3 aromatic rings. The minimum absolute atomic E-state index is 0.247. The number of aliphatic imine (C=N–C) groups is 2. The molecule has 8 nitrogen and oxygen atoms in total. The van der Waals surface area contributed by atoms with Gasteiger partial charge in [-0.15, -0.1) is 0 Å². The Morgan fingerprint density at radius 1 is 1.03 bits per heavy atom. The third-order valence-corrected chi connectivity index (χ3v) is 7.64. The van der Waals surface area contributed by atoms with Crippen molar-refractivity contribution in [2.45, 2.75) is 24.6 Å². The highest BCUT2D eigenvalue weighted by molar-refractivity contribution is 7.87. The van der Waals surface area contributed by atoms with Gasteiger partial charge in [0.1, 0.15) is 11.6 Å². The molecule has 5 rings (SSSR count). The van der Waals surface area contributed by atoms with Gasteiger partial charge >= 0.3 is 10.1 Å². The molecule has 3 heterocycles. The molecular weight excluding hydrogens is 450 g/mol. The van der Waals surface area contributed by atoms with E-state index in [4.69, 9.17) is 19.9 Å². The lowest BCUT2D eigenvalue weighted by atomic mass is 9.81. The molecule has 0 fully saturated rings. The predicted molar refractivity (Wildman–Crippen MR) is 132 cm³/mol. The molecule has 174 valence electrons. The van der Waals surface area contributed by atoms with E-state index in [9.17, 15) is 8.42 Å². The lowest BCUT2D eigenvalue weighted by molar-refractivity contribution is 0.477. The molecular formula is C25H25N5O3S. The standard InChI is InChI=1S/C25H25N5O3S/c1-17(2)34(31,32)33-22-10-8-20(9-11-22)25(23-28-13-14-30(23)24(26)29-25)21-7-3-5-18(15-21)19-6-4-12-27-16-19/h3-12,15-17H,13-14H2,1-2H3,(H2,26,29). The van der Waals surface area contributed by atoms with Crippen molar-refractivity contribution in [3.63, 3.8) is 0 Å². The van der Waals surface area contributed by atoms with Crippen LogP contribution in [0.4, 0.5) is 0 Å². The van der Waals surface area contributed by atoms with E-state index in [2.05, 4.69) is 11.1 Å². The zero-order valence-electron chi connectivity index (χ0n) is 18.9. The SMILES string of the molecule is CC(C)S(=O)(=O)Oc1ccc(C2(c3cccc(-c4cccnc4)c3)N=C(N)N3CCN=C32)cc1. The second-order valence-corrected chi connectivity index (χ2v) is 10.6. The molecule has 34 heavy (non-hydrogen) atoms. The summed E-state index contributed by atoms with van der Waals surface area (Å²) in [4.78, 5) is 15.9. The first-order valence-electron chi connectivity index (χ1n) is 11.0. The molecule has 0 saturated heterocycles. The summed E-state index contributed by atoms with van der Waals surface area (Å²) < 4.78 is 29.7. The molecule has 0 radical (unpaired) electrons. The number of nitrogens with two attached hydrogens (primary N) is 1. The monoisotopic (exact) mass is 475 g/mol. The predicted octanol–water partition coefficient (Wildman–Crippen LogP) is 3.15. The summed E-state index contributed by atoms with van der Waals surface area (Å²) >= 11 is 0. The fourth-order valence-electron chi connectivity index (χ4n) is 4.26. The number of guanidine groups is 1. The Bertz CT molecular complexity index is 1390. The van der Waals surface area contributed by atoms with Crippen molar-refractivity contribution in [3.8, 4) is 16.9 Å². The number of hydrogen-bond acceptors (Lipinski definition) is 8. The fraction of sp³-hybridized carbons (Fsp3) is 0.240. The van der Waals surface area contributed by atoms with Gasteiger partial charge < -0.3 is 9.92 Å². The van der Waals surface area contributed by atoms with Crippen LogP contribution in [0.5, 0.6) is 5.75 Å². The average molecular weight is 476 g/mol. The number of rotatable bonds is 6. The van der Waals surface area contributed by atoms with Crippen LogP contribution >= 0.6 is 0 Å². The molecule has 1 unspecified atom stereocenters. The maximum Gasteiger partial charge on any atom is 0.311 e. The Morgan fingerprint density at radius 3 is 2.50 bits per heavy atom. The third-order valence-electron chi connectivity index (χ3n) is 6.06. The van der Waals surface area contributed by atoms with E-state index in [1.165, 1.54) is 0 Å². The number of nitrogens with zero attached hydrogens (tertiary/aromatic N) is 4. The first kappa shape index (κ1) is 22.1. The van der Waals surface area contributed by atoms with Crippen molar-refractivity contribution < 1.29 is 12.6 Å². The largest absolute Gasteiger partial charge is 0.382 e. The molecule has 0 amide bonds. The van der Waals surface area contributed by atoms with E-state index in [0.29, 0.717) is 19.0 Å². The first-order valence-corrected chi connectivity index (χ1v) is 12.5. The Hall–Kier alpha value is -3.72. The molecule has 0 saturated carbocycles. The number of fused-ring (bicyclic) bond motifs is 1. The van der Waals surface area contributed by atoms with Gasteiger partial charge in [-0.3, -0.25) is 14.9 Å². The minimum Gasteiger partial charge on any atom is -0.382 e. The van der Waals surface area contributed by atoms with Gasteiger partial charge in [0.25, 0.3) is 0 Å². The smallest absolute Gasteiger partial charge is 0.311 e. The number of amidine groups is 1. The van der Waals surface area contributed by atoms with Gasteiger partial charge in [-0.1, -0.05) is 36.4 Å². The summed E-state index contributed by atoms with van der Waals surface area (Å²) in [5, 5.41) is -0.644. The first-order chi connectivity index (χ1) is 16.3. The van der Waals surface area contributed by atoms with Crippen molar-refractivity contribution in [1.29, 1.82) is 0 Å². The van der Waals surface area contributed by atoms with Crippen LogP contribution in [0, 0.1) is 0 Å². The van der Waals surface area contributed by atoms with Gasteiger partial charge in [-0.2, -0.15) is 8.42 Å². The molecule has 1 aromatic heterocycles. The number of aromatic nitrogens is 1. The van der Waals surface area contributed by atoms with Gasteiger partial charge in [-0.05, 0) is 60.4 Å². The van der Waals surface area contributed by atoms with Crippen LogP contribution in [-0.2, 0) is 15.7 Å². The number of benzene rings is 2. The summed E-state index contributed by atoms with van der Waals surface area (Å²) in [7, 11) is -3.70. The maximum absolute atomic E-state index is 12.2. The maximum atomic E-state index is 12.2. The van der Waals surface area contributed by atoms with E-state index in [0.717, 1.165) is 28.1 Å². The van der Waals surface area contributed by atoms with Crippen molar-refractivity contribution >= 4 is 21.9 Å². The van der Waals surface area contributed by atoms with E-state index >= 15 is 0 Å². The normalized spacial score (nSPS) is 19.7. The van der Waals surface area contributed by atoms with Crippen LogP contribution in [0.15, 0.2) is 83.0 Å². The molecule has 0 aliphatic carbocycles. The summed E-state index contributed by atoms with van der Waals surface area (Å²) in [5.41, 5.74) is 9.11. The molecule has 0 spiro atoms. The van der Waals surface area contributed by atoms with Crippen LogP contribution in [0.2, 0.25) is 0 Å². The summed E-state index contributed by atoms with van der Waals surface area (Å²) in [6.07, 6.45) is 3.56. The Balaban J connectivity index is 1.63. The summed E-state index contributed by atoms with van der Waals surface area (Å²) in [5.74, 6) is 1.42. The minimum atomic E-state index is -3.70. The van der Waals surface area contributed by atoms with Crippen LogP contribution in [0.1, 0.15) is 25.0 Å². The highest BCUT2D eigenvalue weighted by atomic mass is 32.2. The van der Waals surface area contributed by atoms with E-state index < -0.39 is 20.9 Å². The molecule has 1 atom stereocenters. The second-order valence-electron chi connectivity index (χ2n) is 8.51. The Labute approximate surface area is 199 Å². The molecule has 2 N–H and O–H groups in total. The highest BCUT2D eigenvalue weighted by Crippen LogP contribution is 2.43. The van der Waals surface area contributed by atoms with Crippen LogP contribution in [0.3, 0.4) is 0 Å². The lowest BCUT2D eigenvalue weighted by Gasteiger charge is -2.29. The number of pyridine rings is 1. The Morgan fingerprint density at radius 2 is 1.79 bits per heavy atom. The lowest BCUT2D eigenvalue weighted by Crippen LogP contribution is -2.41. The highest BCUT2D eigenvalue weighted by Gasteiger charge is 2.50. The second kappa shape index (κ2) is 8.25. The zero-order valence-corrected chi connectivity index (χ0v) is 19.7. The van der Waals surface area contributed by atoms with Crippen molar-refractivity contribution in [3.05, 3.63) is 84.2 Å². The summed E-state index contributed by atoms with van der Waals surface area (Å²) in [6.45, 7) is 4.46. The van der Waals surface area contributed by atoms with Crippen LogP contribution in [0.25, 0.3) is 11.1 Å². The van der Waals surface area contributed by atoms with Gasteiger partial charge in [0.2, 0.25) is 0 Å². The van der Waals surface area contributed by atoms with Gasteiger partial charge in [0.15, 0.2) is 11.5 Å². The summed E-state index contributed by atoms with van der Waals surface area (Å²) in [6, 6.07) is 18.9. The molecule has 2 aliphatic rings. The van der Waals surface area contributed by atoms with E-state index in [1.54, 1.807) is 32.2 Å². The Kier molecular flexibility index (Phi) is 5.36. The molecule has 9 heteroatoms. The van der Waals surface area contributed by atoms with Crippen molar-refractivity contribution in [1.82, 2.24) is 9.88 Å². The number of hydrogen-bond donors (Lipinski definition) is 1. The molecule has 2 aliphatic heterocycles. The van der Waals surface area contributed by atoms with Gasteiger partial charge in [0, 0.05) is 18.9 Å². The topological polar surface area (TPSA) is 110 Å².